The van der Waals surface area contributed by atoms with E-state index < -0.39 is 0 Å². The summed E-state index contributed by atoms with van der Waals surface area (Å²) in [5.41, 5.74) is 1.19. The van der Waals surface area contributed by atoms with Gasteiger partial charge in [-0.3, -0.25) is 0 Å². The molecule has 1 atom stereocenters. The van der Waals surface area contributed by atoms with Gasteiger partial charge in [0.15, 0.2) is 0 Å². The van der Waals surface area contributed by atoms with E-state index in [1.807, 2.05) is 12.1 Å². The molecular weight excluding hydrogens is 278 g/mol. The molecule has 0 saturated heterocycles. The molecule has 0 aliphatic heterocycles. The fraction of sp³-hybridized carbons (Fsp3) is 0.571. The van der Waals surface area contributed by atoms with Crippen molar-refractivity contribution in [3.8, 4) is 5.75 Å². The van der Waals surface area contributed by atoms with E-state index in [-0.39, 0.29) is 0 Å². The molecule has 0 amide bonds. The molecule has 1 fully saturated rings. The van der Waals surface area contributed by atoms with E-state index in [4.69, 9.17) is 4.74 Å². The van der Waals surface area contributed by atoms with Crippen LogP contribution in [0.15, 0.2) is 22.7 Å². The summed E-state index contributed by atoms with van der Waals surface area (Å²) in [5.74, 6) is 1.53. The maximum Gasteiger partial charge on any atom is 0.123 e. The summed E-state index contributed by atoms with van der Waals surface area (Å²) in [4.78, 5) is 0. The molecule has 1 unspecified atom stereocenters. The van der Waals surface area contributed by atoms with Crippen molar-refractivity contribution in [2.75, 3.05) is 13.2 Å². The van der Waals surface area contributed by atoms with Gasteiger partial charge in [0.05, 0.1) is 6.61 Å². The Morgan fingerprint density at radius 1 is 1.47 bits per heavy atom. The van der Waals surface area contributed by atoms with Gasteiger partial charge in [-0.1, -0.05) is 28.9 Å². The highest BCUT2D eigenvalue weighted by Gasteiger charge is 2.20. The first-order chi connectivity index (χ1) is 8.15. The van der Waals surface area contributed by atoms with E-state index in [9.17, 15) is 0 Å². The van der Waals surface area contributed by atoms with Crippen molar-refractivity contribution in [1.29, 1.82) is 0 Å². The molecule has 2 rings (SSSR count). The highest BCUT2D eigenvalue weighted by molar-refractivity contribution is 9.10. The fourth-order valence-corrected chi connectivity index (χ4v) is 2.02. The number of benzene rings is 1. The Kier molecular flexibility index (Phi) is 4.46. The zero-order valence-electron chi connectivity index (χ0n) is 10.5. The molecular formula is C14H20BrNO. The molecule has 2 nitrogen and oxygen atoms in total. The summed E-state index contributed by atoms with van der Waals surface area (Å²) < 4.78 is 6.93. The quantitative estimate of drug-likeness (QED) is 0.867. The van der Waals surface area contributed by atoms with E-state index in [1.165, 1.54) is 18.4 Å². The zero-order valence-corrected chi connectivity index (χ0v) is 12.1. The number of rotatable bonds is 6. The second-order valence-electron chi connectivity index (χ2n) is 5.01. The standard InChI is InChI=1S/C14H20BrNO/c1-10(8-16-13-5-6-13)9-17-14-7-12(15)4-3-11(14)2/h3-4,7,10,13,16H,5-6,8-9H2,1-2H3. The zero-order chi connectivity index (χ0) is 12.3. The topological polar surface area (TPSA) is 21.3 Å². The van der Waals surface area contributed by atoms with Crippen LogP contribution >= 0.6 is 15.9 Å². The van der Waals surface area contributed by atoms with Crippen LogP contribution < -0.4 is 10.1 Å². The van der Waals surface area contributed by atoms with Gasteiger partial charge in [0, 0.05) is 23.0 Å². The summed E-state index contributed by atoms with van der Waals surface area (Å²) in [5, 5.41) is 3.53. The second-order valence-corrected chi connectivity index (χ2v) is 5.92. The Hall–Kier alpha value is -0.540. The minimum Gasteiger partial charge on any atom is -0.493 e. The van der Waals surface area contributed by atoms with Crippen molar-refractivity contribution in [2.24, 2.45) is 5.92 Å². The third-order valence-electron chi connectivity index (χ3n) is 3.01. The van der Waals surface area contributed by atoms with Crippen LogP contribution in [0.5, 0.6) is 5.75 Å². The lowest BCUT2D eigenvalue weighted by Crippen LogP contribution is -2.26. The number of ether oxygens (including phenoxy) is 1. The fourth-order valence-electron chi connectivity index (χ4n) is 1.68. The Labute approximate surface area is 112 Å². The van der Waals surface area contributed by atoms with Crippen molar-refractivity contribution >= 4 is 15.9 Å². The van der Waals surface area contributed by atoms with Gasteiger partial charge < -0.3 is 10.1 Å². The van der Waals surface area contributed by atoms with E-state index in [2.05, 4.69) is 41.2 Å². The number of hydrogen-bond acceptors (Lipinski definition) is 2. The Balaban J connectivity index is 1.77. The normalized spacial score (nSPS) is 16.9. The predicted octanol–water partition coefficient (Wildman–Crippen LogP) is 3.52. The lowest BCUT2D eigenvalue weighted by atomic mass is 10.2. The van der Waals surface area contributed by atoms with Gasteiger partial charge in [-0.05, 0) is 37.5 Å². The van der Waals surface area contributed by atoms with E-state index in [0.717, 1.165) is 29.4 Å². The van der Waals surface area contributed by atoms with Crippen molar-refractivity contribution < 1.29 is 4.74 Å². The monoisotopic (exact) mass is 297 g/mol. The Morgan fingerprint density at radius 3 is 2.94 bits per heavy atom. The van der Waals surface area contributed by atoms with Gasteiger partial charge in [0.25, 0.3) is 0 Å². The first kappa shape index (κ1) is 12.9. The molecule has 0 spiro atoms. The van der Waals surface area contributed by atoms with Crippen molar-refractivity contribution in [1.82, 2.24) is 5.32 Å². The molecule has 1 N–H and O–H groups in total. The molecule has 94 valence electrons. The molecule has 1 saturated carbocycles. The average molecular weight is 298 g/mol. The van der Waals surface area contributed by atoms with Crippen LogP contribution in [0, 0.1) is 12.8 Å². The minimum atomic E-state index is 0.550. The van der Waals surface area contributed by atoms with Crippen LogP contribution in [-0.4, -0.2) is 19.2 Å². The van der Waals surface area contributed by atoms with Gasteiger partial charge in [-0.25, -0.2) is 0 Å². The van der Waals surface area contributed by atoms with Gasteiger partial charge >= 0.3 is 0 Å². The molecule has 0 heterocycles. The molecule has 0 bridgehead atoms. The summed E-state index contributed by atoms with van der Waals surface area (Å²) >= 11 is 3.47. The van der Waals surface area contributed by atoms with Gasteiger partial charge in [-0.15, -0.1) is 0 Å². The summed E-state index contributed by atoms with van der Waals surface area (Å²) in [6, 6.07) is 6.94. The number of hydrogen-bond donors (Lipinski definition) is 1. The van der Waals surface area contributed by atoms with E-state index in [0.29, 0.717) is 5.92 Å². The third-order valence-corrected chi connectivity index (χ3v) is 3.50. The second kappa shape index (κ2) is 5.87. The third kappa shape index (κ3) is 4.32. The summed E-state index contributed by atoms with van der Waals surface area (Å²) in [6.45, 7) is 6.13. The number of aryl methyl sites for hydroxylation is 1. The molecule has 1 aromatic rings. The smallest absolute Gasteiger partial charge is 0.123 e. The lowest BCUT2D eigenvalue weighted by Gasteiger charge is -2.15. The molecule has 1 aliphatic rings. The predicted molar refractivity (Wildman–Crippen MR) is 74.6 cm³/mol. The van der Waals surface area contributed by atoms with Crippen molar-refractivity contribution in [2.45, 2.75) is 32.7 Å². The highest BCUT2D eigenvalue weighted by atomic mass is 79.9. The van der Waals surface area contributed by atoms with E-state index in [1.54, 1.807) is 0 Å². The van der Waals surface area contributed by atoms with Crippen LogP contribution in [0.1, 0.15) is 25.3 Å². The molecule has 3 heteroatoms. The van der Waals surface area contributed by atoms with Crippen LogP contribution in [-0.2, 0) is 0 Å². The summed E-state index contributed by atoms with van der Waals surface area (Å²) in [7, 11) is 0. The van der Waals surface area contributed by atoms with Crippen LogP contribution in [0.25, 0.3) is 0 Å². The van der Waals surface area contributed by atoms with Gasteiger partial charge in [0.1, 0.15) is 5.75 Å². The Bertz CT molecular complexity index is 376. The van der Waals surface area contributed by atoms with Gasteiger partial charge in [0.2, 0.25) is 0 Å². The minimum absolute atomic E-state index is 0.550. The largest absolute Gasteiger partial charge is 0.493 e. The van der Waals surface area contributed by atoms with Gasteiger partial charge in [-0.2, -0.15) is 0 Å². The SMILES string of the molecule is Cc1ccc(Br)cc1OCC(C)CNC1CC1. The average Bonchev–Trinajstić information content (AvgIpc) is 3.11. The number of halogens is 1. The molecule has 1 aliphatic carbocycles. The van der Waals surface area contributed by atoms with Crippen molar-refractivity contribution in [3.05, 3.63) is 28.2 Å². The Morgan fingerprint density at radius 2 is 2.24 bits per heavy atom. The van der Waals surface area contributed by atoms with Crippen LogP contribution in [0.4, 0.5) is 0 Å². The number of nitrogens with one attached hydrogen (secondary N) is 1. The first-order valence-electron chi connectivity index (χ1n) is 6.27. The van der Waals surface area contributed by atoms with Crippen LogP contribution in [0.2, 0.25) is 0 Å². The maximum absolute atomic E-state index is 5.86. The van der Waals surface area contributed by atoms with Crippen molar-refractivity contribution in [3.63, 3.8) is 0 Å². The highest BCUT2D eigenvalue weighted by Crippen LogP contribution is 2.23. The molecule has 17 heavy (non-hydrogen) atoms. The molecule has 1 aromatic carbocycles. The van der Waals surface area contributed by atoms with Crippen LogP contribution in [0.3, 0.4) is 0 Å². The lowest BCUT2D eigenvalue weighted by molar-refractivity contribution is 0.254. The molecule has 0 aromatic heterocycles. The maximum atomic E-state index is 5.86. The first-order valence-corrected chi connectivity index (χ1v) is 7.07. The summed E-state index contributed by atoms with van der Waals surface area (Å²) in [6.07, 6.45) is 2.69. The molecule has 0 radical (unpaired) electrons. The van der Waals surface area contributed by atoms with E-state index >= 15 is 0 Å².